The minimum atomic E-state index is 0.844. The number of aryl methyl sites for hydroxylation is 2. The third kappa shape index (κ3) is 2.35. The lowest BCUT2D eigenvalue weighted by Gasteiger charge is -2.10. The van der Waals surface area contributed by atoms with Gasteiger partial charge in [-0.1, -0.05) is 0 Å². The fourth-order valence-electron chi connectivity index (χ4n) is 1.95. The summed E-state index contributed by atoms with van der Waals surface area (Å²) in [6, 6.07) is 4.11. The summed E-state index contributed by atoms with van der Waals surface area (Å²) in [4.78, 5) is 11.2. The summed E-state index contributed by atoms with van der Waals surface area (Å²) >= 11 is 0. The molecule has 1 aromatic rings. The second-order valence-electron chi connectivity index (χ2n) is 4.20. The number of aromatic nitrogens is 1. The molecule has 1 saturated heterocycles. The van der Waals surface area contributed by atoms with Crippen LogP contribution in [0.1, 0.15) is 24.1 Å². The molecule has 0 atom stereocenters. The van der Waals surface area contributed by atoms with Crippen LogP contribution in [0.3, 0.4) is 0 Å². The molecule has 0 spiro atoms. The van der Waals surface area contributed by atoms with Crippen molar-refractivity contribution in [1.29, 1.82) is 0 Å². The van der Waals surface area contributed by atoms with Gasteiger partial charge in [-0.2, -0.15) is 0 Å². The molecular formula is C12H17N3. The van der Waals surface area contributed by atoms with Gasteiger partial charge in [0.2, 0.25) is 0 Å². The first-order chi connectivity index (χ1) is 7.15. The van der Waals surface area contributed by atoms with Crippen LogP contribution in [-0.2, 0) is 0 Å². The van der Waals surface area contributed by atoms with Gasteiger partial charge in [0.25, 0.3) is 0 Å². The number of nitrogens with zero attached hydrogens (tertiary/aromatic N) is 3. The highest BCUT2D eigenvalue weighted by atomic mass is 15.2. The van der Waals surface area contributed by atoms with E-state index in [0.717, 1.165) is 30.3 Å². The van der Waals surface area contributed by atoms with E-state index in [4.69, 9.17) is 0 Å². The number of likely N-dealkylation sites (tertiary alicyclic amines) is 1. The molecule has 3 heteroatoms. The van der Waals surface area contributed by atoms with Crippen molar-refractivity contribution >= 4 is 11.7 Å². The normalized spacial score (nSPS) is 18.9. The molecule has 0 unspecified atom stereocenters. The van der Waals surface area contributed by atoms with Gasteiger partial charge in [0, 0.05) is 25.7 Å². The van der Waals surface area contributed by atoms with Crippen molar-refractivity contribution < 1.29 is 0 Å². The van der Waals surface area contributed by atoms with Gasteiger partial charge in [-0.25, -0.2) is 9.98 Å². The molecule has 0 amide bonds. The molecule has 2 rings (SSSR count). The third-order valence-corrected chi connectivity index (χ3v) is 2.66. The molecule has 1 aliphatic heterocycles. The van der Waals surface area contributed by atoms with Crippen molar-refractivity contribution in [2.24, 2.45) is 4.99 Å². The standard InChI is InChI=1S/C12H17N3/c1-9-7-10(2)13-11(8-9)14-12-5-4-6-15(12)3/h7-8H,4-6H2,1-3H3/b14-12-. The highest BCUT2D eigenvalue weighted by Crippen LogP contribution is 2.17. The van der Waals surface area contributed by atoms with Gasteiger partial charge in [-0.15, -0.1) is 0 Å². The Labute approximate surface area is 90.9 Å². The molecule has 0 aromatic carbocycles. The Hall–Kier alpha value is -1.38. The summed E-state index contributed by atoms with van der Waals surface area (Å²) in [5, 5.41) is 0. The number of pyridine rings is 1. The number of hydrogen-bond donors (Lipinski definition) is 0. The monoisotopic (exact) mass is 203 g/mol. The maximum Gasteiger partial charge on any atom is 0.154 e. The minimum Gasteiger partial charge on any atom is -0.363 e. The van der Waals surface area contributed by atoms with Gasteiger partial charge in [0.15, 0.2) is 5.82 Å². The third-order valence-electron chi connectivity index (χ3n) is 2.66. The zero-order valence-corrected chi connectivity index (χ0v) is 9.62. The first-order valence-corrected chi connectivity index (χ1v) is 5.39. The maximum absolute atomic E-state index is 4.59. The van der Waals surface area contributed by atoms with Crippen molar-refractivity contribution in [3.63, 3.8) is 0 Å². The van der Waals surface area contributed by atoms with Crippen LogP contribution in [0.5, 0.6) is 0 Å². The molecule has 0 bridgehead atoms. The minimum absolute atomic E-state index is 0.844. The van der Waals surface area contributed by atoms with Gasteiger partial charge in [0.05, 0.1) is 0 Å². The van der Waals surface area contributed by atoms with E-state index in [2.05, 4.69) is 34.9 Å². The predicted molar refractivity (Wildman–Crippen MR) is 62.7 cm³/mol. The Balaban J connectivity index is 2.30. The molecule has 3 nitrogen and oxygen atoms in total. The molecule has 0 N–H and O–H groups in total. The Morgan fingerprint density at radius 1 is 1.33 bits per heavy atom. The highest BCUT2D eigenvalue weighted by Gasteiger charge is 2.14. The van der Waals surface area contributed by atoms with E-state index < -0.39 is 0 Å². The topological polar surface area (TPSA) is 28.5 Å². The summed E-state index contributed by atoms with van der Waals surface area (Å²) < 4.78 is 0. The summed E-state index contributed by atoms with van der Waals surface area (Å²) in [5.41, 5.74) is 2.26. The molecule has 15 heavy (non-hydrogen) atoms. The summed E-state index contributed by atoms with van der Waals surface area (Å²) in [7, 11) is 2.09. The van der Waals surface area contributed by atoms with Gasteiger partial charge in [-0.3, -0.25) is 0 Å². The molecule has 0 aliphatic carbocycles. The van der Waals surface area contributed by atoms with Crippen LogP contribution in [0.2, 0.25) is 0 Å². The second kappa shape index (κ2) is 4.01. The molecule has 1 aromatic heterocycles. The smallest absolute Gasteiger partial charge is 0.154 e. The summed E-state index contributed by atoms with van der Waals surface area (Å²) in [6.45, 7) is 5.20. The van der Waals surface area contributed by atoms with Crippen molar-refractivity contribution in [3.05, 3.63) is 23.4 Å². The van der Waals surface area contributed by atoms with E-state index in [9.17, 15) is 0 Å². The summed E-state index contributed by atoms with van der Waals surface area (Å²) in [6.07, 6.45) is 2.28. The zero-order chi connectivity index (χ0) is 10.8. The van der Waals surface area contributed by atoms with E-state index in [1.165, 1.54) is 12.0 Å². The molecule has 0 saturated carbocycles. The van der Waals surface area contributed by atoms with Gasteiger partial charge >= 0.3 is 0 Å². The molecule has 80 valence electrons. The Morgan fingerprint density at radius 3 is 2.73 bits per heavy atom. The van der Waals surface area contributed by atoms with Crippen LogP contribution in [0.4, 0.5) is 5.82 Å². The second-order valence-corrected chi connectivity index (χ2v) is 4.20. The highest BCUT2D eigenvalue weighted by molar-refractivity contribution is 5.85. The van der Waals surface area contributed by atoms with Gasteiger partial charge in [-0.05, 0) is 38.0 Å². The fourth-order valence-corrected chi connectivity index (χ4v) is 1.95. The van der Waals surface area contributed by atoms with Crippen molar-refractivity contribution in [1.82, 2.24) is 9.88 Å². The molecule has 1 fully saturated rings. The molecule has 2 heterocycles. The van der Waals surface area contributed by atoms with Crippen LogP contribution < -0.4 is 0 Å². The number of aliphatic imine (C=N–C) groups is 1. The van der Waals surface area contributed by atoms with Crippen molar-refractivity contribution in [2.75, 3.05) is 13.6 Å². The Bertz CT molecular complexity index is 376. The average molecular weight is 203 g/mol. The van der Waals surface area contributed by atoms with Crippen LogP contribution in [-0.4, -0.2) is 29.3 Å². The molecule has 0 radical (unpaired) electrons. The lowest BCUT2D eigenvalue weighted by Crippen LogP contribution is -2.18. The van der Waals surface area contributed by atoms with E-state index in [1.54, 1.807) is 0 Å². The first kappa shape index (κ1) is 10.1. The van der Waals surface area contributed by atoms with E-state index >= 15 is 0 Å². The van der Waals surface area contributed by atoms with E-state index in [1.807, 2.05) is 13.0 Å². The number of amidine groups is 1. The fraction of sp³-hybridized carbons (Fsp3) is 0.500. The summed E-state index contributed by atoms with van der Waals surface area (Å²) in [5.74, 6) is 2.00. The predicted octanol–water partition coefficient (Wildman–Crippen LogP) is 2.45. The molecule has 1 aliphatic rings. The SMILES string of the molecule is Cc1cc(C)nc(/N=C2/CCCN2C)c1. The van der Waals surface area contributed by atoms with Crippen LogP contribution >= 0.6 is 0 Å². The van der Waals surface area contributed by atoms with Crippen LogP contribution in [0, 0.1) is 13.8 Å². The van der Waals surface area contributed by atoms with E-state index in [0.29, 0.717) is 0 Å². The maximum atomic E-state index is 4.59. The van der Waals surface area contributed by atoms with Crippen molar-refractivity contribution in [2.45, 2.75) is 26.7 Å². The Kier molecular flexibility index (Phi) is 2.71. The largest absolute Gasteiger partial charge is 0.363 e. The quantitative estimate of drug-likeness (QED) is 0.701. The van der Waals surface area contributed by atoms with E-state index in [-0.39, 0.29) is 0 Å². The van der Waals surface area contributed by atoms with Gasteiger partial charge < -0.3 is 4.90 Å². The number of rotatable bonds is 1. The van der Waals surface area contributed by atoms with Crippen LogP contribution in [0.25, 0.3) is 0 Å². The average Bonchev–Trinajstić information content (AvgIpc) is 2.50. The lowest BCUT2D eigenvalue weighted by molar-refractivity contribution is 0.550. The van der Waals surface area contributed by atoms with Crippen LogP contribution in [0.15, 0.2) is 17.1 Å². The molecular weight excluding hydrogens is 186 g/mol. The first-order valence-electron chi connectivity index (χ1n) is 5.39. The lowest BCUT2D eigenvalue weighted by atomic mass is 10.2. The van der Waals surface area contributed by atoms with Crippen molar-refractivity contribution in [3.8, 4) is 0 Å². The number of hydrogen-bond acceptors (Lipinski definition) is 2. The Morgan fingerprint density at radius 2 is 2.13 bits per heavy atom. The zero-order valence-electron chi connectivity index (χ0n) is 9.62. The van der Waals surface area contributed by atoms with Gasteiger partial charge in [0.1, 0.15) is 5.84 Å².